The molecule has 32 heavy (non-hydrogen) atoms. The minimum atomic E-state index is -1.18. The molecule has 0 spiro atoms. The molecular weight excluding hydrogens is 449 g/mol. The average molecular weight is 467 g/mol. The van der Waals surface area contributed by atoms with Gasteiger partial charge in [0.25, 0.3) is 0 Å². The first kappa shape index (κ1) is 19.6. The zero-order valence-electron chi connectivity index (χ0n) is 17.0. The number of benzene rings is 4. The third-order valence-electron chi connectivity index (χ3n) is 5.57. The SMILES string of the molecule is O=S(c1cc2cc(-c3ccccc3)ccc2s1)c1cc2cc(-c3ccccc3)ccc2s1. The van der Waals surface area contributed by atoms with Crippen molar-refractivity contribution in [2.24, 2.45) is 0 Å². The summed E-state index contributed by atoms with van der Waals surface area (Å²) in [6.45, 7) is 0. The summed E-state index contributed by atoms with van der Waals surface area (Å²) in [4.78, 5) is 0. The van der Waals surface area contributed by atoms with Crippen molar-refractivity contribution < 1.29 is 4.21 Å². The zero-order chi connectivity index (χ0) is 21.5. The second-order valence-electron chi connectivity index (χ2n) is 7.64. The topological polar surface area (TPSA) is 17.1 Å². The van der Waals surface area contributed by atoms with Crippen molar-refractivity contribution in [2.45, 2.75) is 8.42 Å². The molecule has 1 nitrogen and oxygen atoms in total. The number of fused-ring (bicyclic) bond motifs is 2. The van der Waals surface area contributed by atoms with Gasteiger partial charge in [0.1, 0.15) is 10.8 Å². The molecule has 2 heterocycles. The Labute approximate surface area is 197 Å². The maximum Gasteiger partial charge on any atom is 0.105 e. The van der Waals surface area contributed by atoms with Crippen LogP contribution in [0.25, 0.3) is 42.4 Å². The van der Waals surface area contributed by atoms with Crippen LogP contribution in [-0.2, 0) is 10.8 Å². The molecule has 0 bridgehead atoms. The van der Waals surface area contributed by atoms with Gasteiger partial charge in [-0.2, -0.15) is 0 Å². The molecule has 0 fully saturated rings. The Bertz CT molecular complexity index is 1460. The second-order valence-corrected chi connectivity index (χ2v) is 11.7. The molecule has 0 aliphatic rings. The molecule has 6 aromatic rings. The van der Waals surface area contributed by atoms with Crippen LogP contribution in [0.4, 0.5) is 0 Å². The standard InChI is InChI=1S/C28H18OS3/c29-32(27-17-23-15-21(11-13-25(23)30-27)19-7-3-1-4-8-19)28-18-24-16-22(12-14-26(24)31-28)20-9-5-2-6-10-20/h1-18H. The van der Waals surface area contributed by atoms with Crippen molar-refractivity contribution in [3.8, 4) is 22.3 Å². The van der Waals surface area contributed by atoms with E-state index in [0.29, 0.717) is 0 Å². The van der Waals surface area contributed by atoms with Crippen LogP contribution in [-0.4, -0.2) is 4.21 Å². The van der Waals surface area contributed by atoms with Crippen molar-refractivity contribution in [3.63, 3.8) is 0 Å². The van der Waals surface area contributed by atoms with Crippen LogP contribution in [0.1, 0.15) is 0 Å². The molecule has 6 rings (SSSR count). The largest absolute Gasteiger partial charge is 0.247 e. The highest BCUT2D eigenvalue weighted by Gasteiger charge is 2.15. The molecule has 0 radical (unpaired) electrons. The minimum absolute atomic E-state index is 0.903. The van der Waals surface area contributed by atoms with E-state index < -0.39 is 10.8 Å². The molecule has 0 saturated heterocycles. The van der Waals surface area contributed by atoms with Gasteiger partial charge >= 0.3 is 0 Å². The van der Waals surface area contributed by atoms with E-state index in [1.807, 2.05) is 12.1 Å². The summed E-state index contributed by atoms with van der Waals surface area (Å²) in [6, 6.07) is 37.9. The molecular formula is C28H18OS3. The molecule has 2 aromatic heterocycles. The highest BCUT2D eigenvalue weighted by molar-refractivity contribution is 7.89. The molecule has 0 aliphatic carbocycles. The average Bonchev–Trinajstić information content (AvgIpc) is 3.48. The van der Waals surface area contributed by atoms with Crippen LogP contribution in [0.15, 0.2) is 118 Å². The third-order valence-corrected chi connectivity index (χ3v) is 9.76. The quantitative estimate of drug-likeness (QED) is 0.254. The maximum atomic E-state index is 13.4. The number of thiophene rings is 2. The summed E-state index contributed by atoms with van der Waals surface area (Å²) < 4.78 is 17.6. The minimum Gasteiger partial charge on any atom is -0.247 e. The Hall–Kier alpha value is -3.05. The van der Waals surface area contributed by atoms with Crippen LogP contribution >= 0.6 is 22.7 Å². The fraction of sp³-hybridized carbons (Fsp3) is 0. The van der Waals surface area contributed by atoms with E-state index in [0.717, 1.165) is 19.2 Å². The predicted octanol–water partition coefficient (Wildman–Crippen LogP) is 8.62. The van der Waals surface area contributed by atoms with E-state index in [9.17, 15) is 4.21 Å². The Balaban J connectivity index is 1.35. The summed E-state index contributed by atoms with van der Waals surface area (Å²) in [5, 5.41) is 2.29. The fourth-order valence-electron chi connectivity index (χ4n) is 3.94. The van der Waals surface area contributed by atoms with E-state index >= 15 is 0 Å². The van der Waals surface area contributed by atoms with Crippen molar-refractivity contribution >= 4 is 53.6 Å². The van der Waals surface area contributed by atoms with Gasteiger partial charge in [-0.25, -0.2) is 4.21 Å². The molecule has 0 atom stereocenters. The number of hydrogen-bond donors (Lipinski definition) is 0. The zero-order valence-corrected chi connectivity index (χ0v) is 19.5. The molecule has 0 N–H and O–H groups in total. The first-order valence-electron chi connectivity index (χ1n) is 10.3. The lowest BCUT2D eigenvalue weighted by Gasteiger charge is -2.00. The number of rotatable bonds is 4. The Morgan fingerprint density at radius 3 is 1.34 bits per heavy atom. The van der Waals surface area contributed by atoms with Gasteiger partial charge in [0.15, 0.2) is 0 Å². The van der Waals surface area contributed by atoms with Gasteiger partial charge in [-0.1, -0.05) is 72.8 Å². The molecule has 0 saturated carbocycles. The van der Waals surface area contributed by atoms with Gasteiger partial charge in [0.05, 0.1) is 8.42 Å². The van der Waals surface area contributed by atoms with Crippen molar-refractivity contribution in [2.75, 3.05) is 0 Å². The van der Waals surface area contributed by atoms with Gasteiger partial charge < -0.3 is 0 Å². The molecule has 0 amide bonds. The monoisotopic (exact) mass is 466 g/mol. The lowest BCUT2D eigenvalue weighted by molar-refractivity contribution is 0.686. The van der Waals surface area contributed by atoms with Gasteiger partial charge in [0.2, 0.25) is 0 Å². The summed E-state index contributed by atoms with van der Waals surface area (Å²) in [6.07, 6.45) is 0. The van der Waals surface area contributed by atoms with Crippen LogP contribution in [0.5, 0.6) is 0 Å². The summed E-state index contributed by atoms with van der Waals surface area (Å²) >= 11 is 3.24. The van der Waals surface area contributed by atoms with Crippen molar-refractivity contribution in [3.05, 3.63) is 109 Å². The normalized spacial score (nSPS) is 11.5. The lowest BCUT2D eigenvalue weighted by atomic mass is 10.0. The Kier molecular flexibility index (Phi) is 4.99. The van der Waals surface area contributed by atoms with Crippen LogP contribution < -0.4 is 0 Å². The lowest BCUT2D eigenvalue weighted by Crippen LogP contribution is -1.84. The van der Waals surface area contributed by atoms with Crippen LogP contribution in [0.2, 0.25) is 0 Å². The number of hydrogen-bond acceptors (Lipinski definition) is 3. The van der Waals surface area contributed by atoms with E-state index in [1.54, 1.807) is 22.7 Å². The molecule has 4 heteroatoms. The second kappa shape index (κ2) is 8.14. The van der Waals surface area contributed by atoms with E-state index in [2.05, 4.69) is 97.1 Å². The summed E-state index contributed by atoms with van der Waals surface area (Å²) in [7, 11) is -1.18. The highest BCUT2D eigenvalue weighted by Crippen LogP contribution is 2.37. The van der Waals surface area contributed by atoms with Crippen LogP contribution in [0.3, 0.4) is 0 Å². The first-order chi connectivity index (χ1) is 15.7. The summed E-state index contributed by atoms with van der Waals surface area (Å²) in [5.41, 5.74) is 4.76. The van der Waals surface area contributed by atoms with Gasteiger partial charge in [-0.3, -0.25) is 0 Å². The van der Waals surface area contributed by atoms with E-state index in [1.165, 1.54) is 31.7 Å². The van der Waals surface area contributed by atoms with Crippen LogP contribution in [0, 0.1) is 0 Å². The third kappa shape index (κ3) is 3.61. The molecule has 0 unspecified atom stereocenters. The maximum absolute atomic E-state index is 13.4. The molecule has 154 valence electrons. The molecule has 4 aromatic carbocycles. The summed E-state index contributed by atoms with van der Waals surface area (Å²) in [5.74, 6) is 0. The predicted molar refractivity (Wildman–Crippen MR) is 139 cm³/mol. The van der Waals surface area contributed by atoms with E-state index in [4.69, 9.17) is 0 Å². The van der Waals surface area contributed by atoms with Gasteiger partial charge in [0, 0.05) is 9.40 Å². The van der Waals surface area contributed by atoms with Gasteiger partial charge in [-0.05, 0) is 69.4 Å². The highest BCUT2D eigenvalue weighted by atomic mass is 32.2. The first-order valence-corrected chi connectivity index (χ1v) is 13.1. The Morgan fingerprint density at radius 1 is 0.469 bits per heavy atom. The smallest absolute Gasteiger partial charge is 0.105 e. The Morgan fingerprint density at radius 2 is 0.906 bits per heavy atom. The van der Waals surface area contributed by atoms with E-state index in [-0.39, 0.29) is 0 Å². The fourth-order valence-corrected chi connectivity index (χ4v) is 8.00. The van der Waals surface area contributed by atoms with Crippen molar-refractivity contribution in [1.29, 1.82) is 0 Å². The van der Waals surface area contributed by atoms with Gasteiger partial charge in [-0.15, -0.1) is 22.7 Å². The van der Waals surface area contributed by atoms with Crippen molar-refractivity contribution in [1.82, 2.24) is 0 Å². The molecule has 0 aliphatic heterocycles.